The molecule has 0 aromatic rings. The molecule has 108 valence electrons. The smallest absolute Gasteiger partial charge is 0.469 e. The number of nitrogens with zero attached hydrogens (tertiary/aromatic N) is 1. The molecule has 1 rings (SSSR count). The molecule has 1 saturated heterocycles. The van der Waals surface area contributed by atoms with Crippen molar-refractivity contribution in [1.29, 1.82) is 0 Å². The Hall–Kier alpha value is -1.64. The van der Waals surface area contributed by atoms with Gasteiger partial charge in [-0.1, -0.05) is 0 Å². The lowest BCUT2D eigenvalue weighted by Crippen LogP contribution is -2.50. The standard InChI is InChI=1S/C10H12F3NO5/c1-18-7(15)2-6-3-14(4-6)5-8(16)19-9(17)10(11,12)13/h6H,2-5H2,1H3. The molecule has 0 atom stereocenters. The summed E-state index contributed by atoms with van der Waals surface area (Å²) in [6.45, 7) is 0.314. The molecule has 19 heavy (non-hydrogen) atoms. The molecular weight excluding hydrogens is 271 g/mol. The first-order valence-electron chi connectivity index (χ1n) is 5.33. The number of alkyl halides is 3. The van der Waals surface area contributed by atoms with E-state index in [0.717, 1.165) is 0 Å². The van der Waals surface area contributed by atoms with Crippen LogP contribution in [0.3, 0.4) is 0 Å². The van der Waals surface area contributed by atoms with Gasteiger partial charge >= 0.3 is 24.1 Å². The molecule has 0 aliphatic carbocycles. The summed E-state index contributed by atoms with van der Waals surface area (Å²) in [5.41, 5.74) is 0. The molecule has 0 radical (unpaired) electrons. The zero-order valence-electron chi connectivity index (χ0n) is 10.0. The third-order valence-corrected chi connectivity index (χ3v) is 2.51. The molecule has 6 nitrogen and oxygen atoms in total. The van der Waals surface area contributed by atoms with E-state index >= 15 is 0 Å². The van der Waals surface area contributed by atoms with Crippen LogP contribution in [0.25, 0.3) is 0 Å². The van der Waals surface area contributed by atoms with Crippen molar-refractivity contribution in [2.45, 2.75) is 12.6 Å². The van der Waals surface area contributed by atoms with Crippen LogP contribution in [-0.4, -0.2) is 55.7 Å². The summed E-state index contributed by atoms with van der Waals surface area (Å²) < 4.78 is 43.5. The van der Waals surface area contributed by atoms with Crippen LogP contribution in [0, 0.1) is 5.92 Å². The Morgan fingerprint density at radius 2 is 1.79 bits per heavy atom. The first-order chi connectivity index (χ1) is 8.72. The molecule has 0 bridgehead atoms. The second-order valence-electron chi connectivity index (χ2n) is 4.10. The van der Waals surface area contributed by atoms with Crippen molar-refractivity contribution in [3.05, 3.63) is 0 Å². The van der Waals surface area contributed by atoms with E-state index < -0.39 is 24.7 Å². The average Bonchev–Trinajstić information content (AvgIpc) is 2.24. The predicted octanol–water partition coefficient (Wildman–Crippen LogP) is 0.113. The first kappa shape index (κ1) is 15.4. The zero-order valence-corrected chi connectivity index (χ0v) is 10.0. The van der Waals surface area contributed by atoms with Crippen LogP contribution in [0.5, 0.6) is 0 Å². The van der Waals surface area contributed by atoms with Crippen molar-refractivity contribution in [2.75, 3.05) is 26.7 Å². The van der Waals surface area contributed by atoms with Gasteiger partial charge in [0.25, 0.3) is 0 Å². The van der Waals surface area contributed by atoms with E-state index in [-0.39, 0.29) is 18.3 Å². The Bertz CT molecular complexity index is 376. The minimum absolute atomic E-state index is 0.00133. The van der Waals surface area contributed by atoms with E-state index in [0.29, 0.717) is 13.1 Å². The fraction of sp³-hybridized carbons (Fsp3) is 0.700. The van der Waals surface area contributed by atoms with E-state index in [9.17, 15) is 27.6 Å². The zero-order chi connectivity index (χ0) is 14.6. The van der Waals surface area contributed by atoms with Gasteiger partial charge < -0.3 is 9.47 Å². The van der Waals surface area contributed by atoms with Gasteiger partial charge in [-0.15, -0.1) is 0 Å². The molecular formula is C10H12F3NO5. The molecule has 1 fully saturated rings. The number of likely N-dealkylation sites (tertiary alicyclic amines) is 1. The quantitative estimate of drug-likeness (QED) is 0.539. The normalized spacial score (nSPS) is 16.6. The van der Waals surface area contributed by atoms with Crippen LogP contribution < -0.4 is 0 Å². The maximum atomic E-state index is 11.8. The number of rotatable bonds is 4. The highest BCUT2D eigenvalue weighted by Gasteiger charge is 2.43. The Labute approximate surface area is 106 Å². The summed E-state index contributed by atoms with van der Waals surface area (Å²) in [7, 11) is 1.25. The highest BCUT2D eigenvalue weighted by molar-refractivity contribution is 5.89. The second kappa shape index (κ2) is 6.00. The minimum Gasteiger partial charge on any atom is -0.469 e. The van der Waals surface area contributed by atoms with Gasteiger partial charge in [0.1, 0.15) is 0 Å². The largest absolute Gasteiger partial charge is 0.491 e. The molecule has 1 aliphatic rings. The predicted molar refractivity (Wildman–Crippen MR) is 53.7 cm³/mol. The van der Waals surface area contributed by atoms with Gasteiger partial charge in [0.2, 0.25) is 0 Å². The number of ether oxygens (including phenoxy) is 2. The van der Waals surface area contributed by atoms with Crippen LogP contribution >= 0.6 is 0 Å². The van der Waals surface area contributed by atoms with Crippen LogP contribution in [0.4, 0.5) is 13.2 Å². The van der Waals surface area contributed by atoms with Crippen LogP contribution in [-0.2, 0) is 23.9 Å². The van der Waals surface area contributed by atoms with Crippen LogP contribution in [0.2, 0.25) is 0 Å². The van der Waals surface area contributed by atoms with Gasteiger partial charge in [-0.05, 0) is 5.92 Å². The molecule has 0 spiro atoms. The maximum absolute atomic E-state index is 11.8. The molecule has 0 saturated carbocycles. The first-order valence-corrected chi connectivity index (χ1v) is 5.33. The Morgan fingerprint density at radius 1 is 1.21 bits per heavy atom. The monoisotopic (exact) mass is 283 g/mol. The SMILES string of the molecule is COC(=O)CC1CN(CC(=O)OC(=O)C(F)(F)F)C1. The molecule has 0 unspecified atom stereocenters. The van der Waals surface area contributed by atoms with Crippen LogP contribution in [0.15, 0.2) is 0 Å². The Balaban J connectivity index is 2.23. The van der Waals surface area contributed by atoms with Gasteiger partial charge in [0, 0.05) is 13.1 Å². The third-order valence-electron chi connectivity index (χ3n) is 2.51. The number of hydrogen-bond donors (Lipinski definition) is 0. The van der Waals surface area contributed by atoms with E-state index in [1.54, 1.807) is 0 Å². The van der Waals surface area contributed by atoms with E-state index in [4.69, 9.17) is 0 Å². The number of hydrogen-bond acceptors (Lipinski definition) is 6. The van der Waals surface area contributed by atoms with Crippen molar-refractivity contribution in [3.63, 3.8) is 0 Å². The lowest BCUT2D eigenvalue weighted by atomic mass is 9.96. The molecule has 0 aromatic carbocycles. The van der Waals surface area contributed by atoms with Gasteiger partial charge in [-0.25, -0.2) is 4.79 Å². The van der Waals surface area contributed by atoms with Crippen molar-refractivity contribution < 1.29 is 37.0 Å². The number of methoxy groups -OCH3 is 1. The molecule has 0 aromatic heterocycles. The minimum atomic E-state index is -5.18. The summed E-state index contributed by atoms with van der Waals surface area (Å²) in [5.74, 6) is -4.18. The summed E-state index contributed by atoms with van der Waals surface area (Å²) in [6, 6.07) is 0. The van der Waals surface area contributed by atoms with Gasteiger partial charge in [0.05, 0.1) is 20.1 Å². The van der Waals surface area contributed by atoms with E-state index in [1.165, 1.54) is 12.0 Å². The summed E-state index contributed by atoms with van der Waals surface area (Å²) in [4.78, 5) is 33.7. The fourth-order valence-electron chi connectivity index (χ4n) is 1.63. The van der Waals surface area contributed by atoms with Gasteiger partial charge in [-0.2, -0.15) is 13.2 Å². The summed E-state index contributed by atoms with van der Waals surface area (Å²) >= 11 is 0. The highest BCUT2D eigenvalue weighted by Crippen LogP contribution is 2.20. The topological polar surface area (TPSA) is 72.9 Å². The highest BCUT2D eigenvalue weighted by atomic mass is 19.4. The number of halogens is 3. The van der Waals surface area contributed by atoms with Crippen molar-refractivity contribution in [1.82, 2.24) is 4.90 Å². The Kier molecular flexibility index (Phi) is 4.87. The maximum Gasteiger partial charge on any atom is 0.491 e. The van der Waals surface area contributed by atoms with E-state index in [2.05, 4.69) is 9.47 Å². The molecule has 0 N–H and O–H groups in total. The molecule has 0 amide bonds. The second-order valence-corrected chi connectivity index (χ2v) is 4.10. The average molecular weight is 283 g/mol. The lowest BCUT2D eigenvalue weighted by Gasteiger charge is -2.37. The van der Waals surface area contributed by atoms with Crippen LogP contribution in [0.1, 0.15) is 6.42 Å². The van der Waals surface area contributed by atoms with Gasteiger partial charge in [-0.3, -0.25) is 14.5 Å². The Morgan fingerprint density at radius 3 is 2.26 bits per heavy atom. The summed E-state index contributed by atoms with van der Waals surface area (Å²) in [5, 5.41) is 0. The molecule has 9 heteroatoms. The van der Waals surface area contributed by atoms with Crippen molar-refractivity contribution in [2.24, 2.45) is 5.92 Å². The molecule has 1 aliphatic heterocycles. The number of esters is 3. The van der Waals surface area contributed by atoms with Crippen molar-refractivity contribution >= 4 is 17.9 Å². The fourth-order valence-corrected chi connectivity index (χ4v) is 1.63. The van der Waals surface area contributed by atoms with E-state index in [1.807, 2.05) is 0 Å². The number of carbonyl (C=O) groups excluding carboxylic acids is 3. The third kappa shape index (κ3) is 4.86. The van der Waals surface area contributed by atoms with Crippen molar-refractivity contribution in [3.8, 4) is 0 Å². The number of carbonyl (C=O) groups is 3. The lowest BCUT2D eigenvalue weighted by molar-refractivity contribution is -0.202. The summed E-state index contributed by atoms with van der Waals surface area (Å²) in [6.07, 6.45) is -5.00. The van der Waals surface area contributed by atoms with Gasteiger partial charge in [0.15, 0.2) is 0 Å². The molecule has 1 heterocycles.